The molecule has 0 saturated heterocycles. The number of halogens is 1. The highest BCUT2D eigenvalue weighted by atomic mass is 79.9. The molecule has 4 rings (SSSR count). The predicted molar refractivity (Wildman–Crippen MR) is 115 cm³/mol. The Morgan fingerprint density at radius 1 is 1.13 bits per heavy atom. The fourth-order valence-electron chi connectivity index (χ4n) is 4.80. The van der Waals surface area contributed by atoms with E-state index in [-0.39, 0.29) is 24.7 Å². The maximum Gasteiger partial charge on any atom is 0.161 e. The molecule has 0 spiro atoms. The summed E-state index contributed by atoms with van der Waals surface area (Å²) in [6, 6.07) is 5.46. The normalized spacial score (nSPS) is 19.2. The molecule has 1 aromatic carbocycles. The van der Waals surface area contributed by atoms with Crippen LogP contribution in [0.25, 0.3) is 0 Å². The minimum atomic E-state index is -1.23. The number of hydrogen-bond acceptors (Lipinski definition) is 6. The second kappa shape index (κ2) is 8.72. The average Bonchev–Trinajstić information content (AvgIpc) is 2.73. The van der Waals surface area contributed by atoms with Gasteiger partial charge in [-0.15, -0.1) is 6.42 Å². The number of carboxylic acids is 1. The number of rotatable bonds is 5. The summed E-state index contributed by atoms with van der Waals surface area (Å²) in [6.45, 7) is -0.228. The van der Waals surface area contributed by atoms with Gasteiger partial charge in [0, 0.05) is 41.3 Å². The zero-order valence-corrected chi connectivity index (χ0v) is 18.5. The number of carboxylic acid groups (broad SMARTS) is 1. The SMILES string of the molecule is C#CCOc1ccc(C2C3=C(CCCC3=O)N(CC(=O)[O-])C3=C2C(=O)CCC3)cc1Br. The molecule has 0 unspecified atom stereocenters. The molecule has 1 heterocycles. The second-order valence-electron chi connectivity index (χ2n) is 7.85. The Morgan fingerprint density at radius 2 is 1.74 bits per heavy atom. The van der Waals surface area contributed by atoms with Crippen LogP contribution in [0.5, 0.6) is 5.75 Å². The van der Waals surface area contributed by atoms with Crippen molar-refractivity contribution >= 4 is 33.5 Å². The molecular weight excluding hydrogens is 462 g/mol. The van der Waals surface area contributed by atoms with E-state index in [2.05, 4.69) is 21.9 Å². The van der Waals surface area contributed by atoms with E-state index >= 15 is 0 Å². The van der Waals surface area contributed by atoms with Crippen LogP contribution in [0, 0.1) is 12.3 Å². The molecule has 0 N–H and O–H groups in total. The third kappa shape index (κ3) is 3.92. The lowest BCUT2D eigenvalue weighted by Crippen LogP contribution is -2.44. The highest BCUT2D eigenvalue weighted by Crippen LogP contribution is 2.49. The highest BCUT2D eigenvalue weighted by Gasteiger charge is 2.43. The maximum absolute atomic E-state index is 13.1. The lowest BCUT2D eigenvalue weighted by molar-refractivity contribution is -0.305. The molecule has 31 heavy (non-hydrogen) atoms. The van der Waals surface area contributed by atoms with E-state index in [4.69, 9.17) is 11.2 Å². The Kier molecular flexibility index (Phi) is 6.01. The van der Waals surface area contributed by atoms with Crippen molar-refractivity contribution in [1.82, 2.24) is 4.90 Å². The first-order valence-corrected chi connectivity index (χ1v) is 11.1. The zero-order valence-electron chi connectivity index (χ0n) is 16.9. The molecule has 1 aliphatic heterocycles. The third-order valence-electron chi connectivity index (χ3n) is 5.97. The van der Waals surface area contributed by atoms with Gasteiger partial charge in [-0.1, -0.05) is 12.0 Å². The minimum absolute atomic E-state index is 0.0386. The Morgan fingerprint density at radius 3 is 2.26 bits per heavy atom. The van der Waals surface area contributed by atoms with Crippen LogP contribution in [0.1, 0.15) is 50.0 Å². The van der Waals surface area contributed by atoms with E-state index < -0.39 is 11.9 Å². The van der Waals surface area contributed by atoms with Crippen molar-refractivity contribution in [2.45, 2.75) is 44.4 Å². The van der Waals surface area contributed by atoms with Gasteiger partial charge in [0.1, 0.15) is 12.4 Å². The number of allylic oxidation sites excluding steroid dienone is 4. The van der Waals surface area contributed by atoms with Gasteiger partial charge in [-0.25, -0.2) is 0 Å². The average molecular weight is 483 g/mol. The first kappa shape index (κ1) is 21.4. The number of benzene rings is 1. The number of nitrogens with zero attached hydrogens (tertiary/aromatic N) is 1. The second-order valence-corrected chi connectivity index (χ2v) is 8.70. The van der Waals surface area contributed by atoms with Crippen molar-refractivity contribution in [2.75, 3.05) is 13.2 Å². The Hall–Kier alpha value is -2.85. The number of ether oxygens (including phenoxy) is 1. The number of hydrogen-bond donors (Lipinski definition) is 0. The summed E-state index contributed by atoms with van der Waals surface area (Å²) < 4.78 is 6.20. The van der Waals surface area contributed by atoms with Crippen LogP contribution < -0.4 is 9.84 Å². The Labute approximate surface area is 189 Å². The number of Topliss-reactive ketones (excluding diaryl/α,β-unsaturated/α-hetero) is 2. The molecule has 0 amide bonds. The lowest BCUT2D eigenvalue weighted by Gasteiger charge is -2.44. The van der Waals surface area contributed by atoms with Crippen molar-refractivity contribution in [3.05, 3.63) is 50.8 Å². The van der Waals surface area contributed by atoms with Gasteiger partial charge in [0.15, 0.2) is 11.6 Å². The molecule has 0 atom stereocenters. The molecule has 0 bridgehead atoms. The van der Waals surface area contributed by atoms with Crippen LogP contribution in [-0.4, -0.2) is 35.6 Å². The van der Waals surface area contributed by atoms with Crippen LogP contribution in [0.3, 0.4) is 0 Å². The summed E-state index contributed by atoms with van der Waals surface area (Å²) in [4.78, 5) is 39.3. The van der Waals surface area contributed by atoms with E-state index in [1.54, 1.807) is 11.0 Å². The zero-order chi connectivity index (χ0) is 22.1. The van der Waals surface area contributed by atoms with E-state index in [9.17, 15) is 19.5 Å². The van der Waals surface area contributed by atoms with Crippen LogP contribution >= 0.6 is 15.9 Å². The minimum Gasteiger partial charge on any atom is -0.548 e. The topological polar surface area (TPSA) is 86.7 Å². The first-order valence-electron chi connectivity index (χ1n) is 10.3. The summed E-state index contributed by atoms with van der Waals surface area (Å²) in [5.74, 6) is 1.18. The molecule has 0 aromatic heterocycles. The van der Waals surface area contributed by atoms with E-state index in [0.717, 1.165) is 5.56 Å². The number of carbonyl (C=O) groups is 3. The van der Waals surface area contributed by atoms with Crippen LogP contribution in [0.4, 0.5) is 0 Å². The van der Waals surface area contributed by atoms with Crippen molar-refractivity contribution in [3.8, 4) is 18.1 Å². The molecular formula is C24H21BrNO5-. The van der Waals surface area contributed by atoms with Crippen LogP contribution in [0.2, 0.25) is 0 Å². The van der Waals surface area contributed by atoms with Gasteiger partial charge < -0.3 is 19.5 Å². The molecule has 0 fully saturated rings. The summed E-state index contributed by atoms with van der Waals surface area (Å²) >= 11 is 3.50. The van der Waals surface area contributed by atoms with Crippen molar-refractivity contribution in [2.24, 2.45) is 0 Å². The first-order chi connectivity index (χ1) is 14.9. The van der Waals surface area contributed by atoms with E-state index in [1.165, 1.54) is 0 Å². The van der Waals surface area contributed by atoms with Gasteiger partial charge in [-0.3, -0.25) is 9.59 Å². The van der Waals surface area contributed by atoms with Crippen molar-refractivity contribution < 1.29 is 24.2 Å². The molecule has 2 aliphatic carbocycles. The van der Waals surface area contributed by atoms with E-state index in [0.29, 0.717) is 71.3 Å². The molecule has 7 heteroatoms. The number of terminal acetylenes is 1. The molecule has 3 aliphatic rings. The molecule has 160 valence electrons. The Balaban J connectivity index is 1.89. The summed E-state index contributed by atoms with van der Waals surface area (Å²) in [5, 5.41) is 11.5. The molecule has 1 aromatic rings. The van der Waals surface area contributed by atoms with Crippen molar-refractivity contribution in [3.63, 3.8) is 0 Å². The fraction of sp³-hybridized carbons (Fsp3) is 0.375. The predicted octanol–water partition coefficient (Wildman–Crippen LogP) is 2.62. The van der Waals surface area contributed by atoms with Crippen LogP contribution in [-0.2, 0) is 14.4 Å². The maximum atomic E-state index is 13.1. The molecule has 6 nitrogen and oxygen atoms in total. The number of carbonyl (C=O) groups excluding carboxylic acids is 3. The van der Waals surface area contributed by atoms with Gasteiger partial charge in [0.25, 0.3) is 0 Å². The van der Waals surface area contributed by atoms with Gasteiger partial charge >= 0.3 is 0 Å². The third-order valence-corrected chi connectivity index (χ3v) is 6.59. The number of ketones is 2. The fourth-order valence-corrected chi connectivity index (χ4v) is 5.31. The van der Waals surface area contributed by atoms with E-state index in [1.807, 2.05) is 12.1 Å². The lowest BCUT2D eigenvalue weighted by atomic mass is 9.71. The standard InChI is InChI=1S/C24H22BrNO5/c1-2-11-31-20-10-9-14(12-15(20)25)22-23-16(5-3-7-18(23)27)26(13-21(29)30)17-6-4-8-19(28)24(17)22/h1,9-10,12,22H,3-8,11,13H2,(H,29,30)/p-1. The van der Waals surface area contributed by atoms with Gasteiger partial charge in [0.2, 0.25) is 0 Å². The monoisotopic (exact) mass is 482 g/mol. The highest BCUT2D eigenvalue weighted by molar-refractivity contribution is 9.10. The van der Waals surface area contributed by atoms with Gasteiger partial charge in [-0.2, -0.15) is 0 Å². The quantitative estimate of drug-likeness (QED) is 0.599. The Bertz CT molecular complexity index is 1030. The summed E-state index contributed by atoms with van der Waals surface area (Å²) in [5.41, 5.74) is 3.28. The molecule has 0 radical (unpaired) electrons. The largest absolute Gasteiger partial charge is 0.548 e. The van der Waals surface area contributed by atoms with Gasteiger partial charge in [-0.05, 0) is 59.3 Å². The van der Waals surface area contributed by atoms with Gasteiger partial charge in [0.05, 0.1) is 17.0 Å². The van der Waals surface area contributed by atoms with Crippen LogP contribution in [0.15, 0.2) is 45.2 Å². The van der Waals surface area contributed by atoms with Crippen molar-refractivity contribution in [1.29, 1.82) is 0 Å². The summed E-state index contributed by atoms with van der Waals surface area (Å²) in [6.07, 6.45) is 8.55. The molecule has 0 saturated carbocycles. The smallest absolute Gasteiger partial charge is 0.161 e. The number of aliphatic carboxylic acids is 1. The summed E-state index contributed by atoms with van der Waals surface area (Å²) in [7, 11) is 0.